The predicted octanol–water partition coefficient (Wildman–Crippen LogP) is 2.91. The normalized spacial score (nSPS) is 46.1. The van der Waals surface area contributed by atoms with E-state index in [-0.39, 0.29) is 5.60 Å². The van der Waals surface area contributed by atoms with Gasteiger partial charge >= 0.3 is 0 Å². The molecular formula is C11H18O. The van der Waals surface area contributed by atoms with E-state index < -0.39 is 0 Å². The Morgan fingerprint density at radius 3 is 2.67 bits per heavy atom. The van der Waals surface area contributed by atoms with Gasteiger partial charge in [0.15, 0.2) is 0 Å². The summed E-state index contributed by atoms with van der Waals surface area (Å²) in [6, 6.07) is 0. The second-order valence-corrected chi connectivity index (χ2v) is 4.47. The van der Waals surface area contributed by atoms with Crippen LogP contribution in [-0.2, 0) is 4.74 Å². The zero-order chi connectivity index (χ0) is 8.60. The molecule has 0 amide bonds. The van der Waals surface area contributed by atoms with E-state index in [9.17, 15) is 0 Å². The fraction of sp³-hybridized carbons (Fsp3) is 0.818. The van der Waals surface area contributed by atoms with Gasteiger partial charge in [0, 0.05) is 0 Å². The van der Waals surface area contributed by atoms with Crippen LogP contribution < -0.4 is 0 Å². The van der Waals surface area contributed by atoms with Gasteiger partial charge in [-0.2, -0.15) is 0 Å². The number of ether oxygens (including phenoxy) is 1. The van der Waals surface area contributed by atoms with Crippen LogP contribution in [0.4, 0.5) is 0 Å². The predicted molar refractivity (Wildman–Crippen MR) is 50.1 cm³/mol. The molecule has 12 heavy (non-hydrogen) atoms. The molecule has 0 aromatic rings. The van der Waals surface area contributed by atoms with Crippen molar-refractivity contribution in [1.82, 2.24) is 0 Å². The van der Waals surface area contributed by atoms with Crippen molar-refractivity contribution < 1.29 is 4.74 Å². The van der Waals surface area contributed by atoms with Crippen molar-refractivity contribution in [2.75, 3.05) is 0 Å². The molecule has 0 radical (unpaired) electrons. The molecule has 2 aliphatic heterocycles. The lowest BCUT2D eigenvalue weighted by atomic mass is 9.73. The number of hydrogen-bond donors (Lipinski definition) is 0. The molecule has 1 aliphatic carbocycles. The van der Waals surface area contributed by atoms with Gasteiger partial charge in [-0.1, -0.05) is 6.08 Å². The molecule has 1 unspecified atom stereocenters. The molecular weight excluding hydrogens is 148 g/mol. The largest absolute Gasteiger partial charge is 0.371 e. The van der Waals surface area contributed by atoms with Crippen LogP contribution in [0.25, 0.3) is 0 Å². The van der Waals surface area contributed by atoms with Crippen LogP contribution in [0.15, 0.2) is 12.7 Å². The molecule has 3 fully saturated rings. The van der Waals surface area contributed by atoms with Crippen LogP contribution in [0.5, 0.6) is 0 Å². The third-order valence-electron chi connectivity index (χ3n) is 3.45. The third-order valence-corrected chi connectivity index (χ3v) is 3.45. The van der Waals surface area contributed by atoms with Gasteiger partial charge in [0.2, 0.25) is 0 Å². The van der Waals surface area contributed by atoms with Gasteiger partial charge < -0.3 is 4.74 Å². The summed E-state index contributed by atoms with van der Waals surface area (Å²) in [7, 11) is 0. The number of rotatable bonds is 2. The summed E-state index contributed by atoms with van der Waals surface area (Å²) in [5, 5.41) is 0. The molecule has 2 heterocycles. The van der Waals surface area contributed by atoms with E-state index in [0.717, 1.165) is 12.3 Å². The average molecular weight is 166 g/mol. The Hall–Kier alpha value is -0.300. The Bertz CT molecular complexity index is 177. The van der Waals surface area contributed by atoms with Crippen LogP contribution in [0.3, 0.4) is 0 Å². The van der Waals surface area contributed by atoms with Crippen molar-refractivity contribution in [2.45, 2.75) is 50.7 Å². The van der Waals surface area contributed by atoms with Crippen LogP contribution in [0.2, 0.25) is 0 Å². The maximum Gasteiger partial charge on any atom is 0.0658 e. The molecule has 2 saturated heterocycles. The first-order valence-corrected chi connectivity index (χ1v) is 5.02. The van der Waals surface area contributed by atoms with Crippen LogP contribution in [0.1, 0.15) is 39.0 Å². The first-order valence-electron chi connectivity index (χ1n) is 5.02. The second-order valence-electron chi connectivity index (χ2n) is 4.47. The van der Waals surface area contributed by atoms with Crippen LogP contribution in [0, 0.1) is 5.92 Å². The summed E-state index contributed by atoms with van der Waals surface area (Å²) in [5.41, 5.74) is 0.211. The highest BCUT2D eigenvalue weighted by molar-refractivity contribution is 4.95. The van der Waals surface area contributed by atoms with Crippen molar-refractivity contribution in [3.63, 3.8) is 0 Å². The molecule has 3 aliphatic rings. The first-order chi connectivity index (χ1) is 5.73. The van der Waals surface area contributed by atoms with E-state index in [1.807, 2.05) is 6.08 Å². The summed E-state index contributed by atoms with van der Waals surface area (Å²) in [4.78, 5) is 0. The summed E-state index contributed by atoms with van der Waals surface area (Å²) >= 11 is 0. The lowest BCUT2D eigenvalue weighted by Crippen LogP contribution is -2.48. The van der Waals surface area contributed by atoms with E-state index in [0.29, 0.717) is 6.10 Å². The van der Waals surface area contributed by atoms with Crippen LogP contribution >= 0.6 is 0 Å². The van der Waals surface area contributed by atoms with Crippen molar-refractivity contribution in [3.8, 4) is 0 Å². The molecule has 0 spiro atoms. The Morgan fingerprint density at radius 1 is 1.50 bits per heavy atom. The Morgan fingerprint density at radius 2 is 2.17 bits per heavy atom. The highest BCUT2D eigenvalue weighted by Crippen LogP contribution is 2.45. The molecule has 0 aromatic heterocycles. The van der Waals surface area contributed by atoms with Gasteiger partial charge in [0.1, 0.15) is 0 Å². The minimum absolute atomic E-state index is 0.211. The Balaban J connectivity index is 2.05. The van der Waals surface area contributed by atoms with Gasteiger partial charge in [-0.3, -0.25) is 0 Å². The van der Waals surface area contributed by atoms with Gasteiger partial charge in [-0.15, -0.1) is 6.58 Å². The maximum atomic E-state index is 6.04. The van der Waals surface area contributed by atoms with Crippen molar-refractivity contribution in [2.24, 2.45) is 5.92 Å². The zero-order valence-corrected chi connectivity index (χ0v) is 7.88. The minimum Gasteiger partial charge on any atom is -0.371 e. The van der Waals surface area contributed by atoms with Crippen molar-refractivity contribution >= 4 is 0 Å². The molecule has 1 saturated carbocycles. The minimum atomic E-state index is 0.211. The molecule has 0 N–H and O–H groups in total. The first kappa shape index (κ1) is 8.31. The second kappa shape index (κ2) is 2.88. The van der Waals surface area contributed by atoms with E-state index in [4.69, 9.17) is 4.74 Å². The summed E-state index contributed by atoms with van der Waals surface area (Å²) in [5.74, 6) is 0.824. The summed E-state index contributed by atoms with van der Waals surface area (Å²) in [6.07, 6.45) is 8.80. The van der Waals surface area contributed by atoms with Gasteiger partial charge in [0.05, 0.1) is 11.7 Å². The van der Waals surface area contributed by atoms with Crippen LogP contribution in [-0.4, -0.2) is 11.7 Å². The lowest BCUT2D eigenvalue weighted by molar-refractivity contribution is -0.182. The number of fused-ring (bicyclic) bond motifs is 3. The molecule has 1 nitrogen and oxygen atoms in total. The van der Waals surface area contributed by atoms with E-state index in [2.05, 4.69) is 13.5 Å². The molecule has 1 atom stereocenters. The average Bonchev–Trinajstić information content (AvgIpc) is 2.05. The molecule has 0 aromatic carbocycles. The SMILES string of the molecule is C=CCC1OC2(C)CCC1CC2. The van der Waals surface area contributed by atoms with E-state index in [1.165, 1.54) is 25.7 Å². The highest BCUT2D eigenvalue weighted by atomic mass is 16.5. The van der Waals surface area contributed by atoms with Crippen molar-refractivity contribution in [3.05, 3.63) is 12.7 Å². The molecule has 68 valence electrons. The van der Waals surface area contributed by atoms with E-state index in [1.54, 1.807) is 0 Å². The number of hydrogen-bond acceptors (Lipinski definition) is 1. The van der Waals surface area contributed by atoms with E-state index >= 15 is 0 Å². The summed E-state index contributed by atoms with van der Waals surface area (Å²) < 4.78 is 6.04. The van der Waals surface area contributed by atoms with Gasteiger partial charge in [-0.25, -0.2) is 0 Å². The standard InChI is InChI=1S/C11H18O/c1-3-4-10-9-5-7-11(2,12-10)8-6-9/h3,9-10H,1,4-8H2,2H3. The summed E-state index contributed by atoms with van der Waals surface area (Å²) in [6.45, 7) is 6.04. The monoisotopic (exact) mass is 166 g/mol. The third kappa shape index (κ3) is 1.31. The fourth-order valence-electron chi connectivity index (χ4n) is 2.61. The highest BCUT2D eigenvalue weighted by Gasteiger charge is 2.42. The lowest BCUT2D eigenvalue weighted by Gasteiger charge is -2.49. The molecule has 2 bridgehead atoms. The van der Waals surface area contributed by atoms with Gasteiger partial charge in [0.25, 0.3) is 0 Å². The topological polar surface area (TPSA) is 9.23 Å². The Kier molecular flexibility index (Phi) is 1.99. The maximum absolute atomic E-state index is 6.04. The Labute approximate surface area is 74.8 Å². The fourth-order valence-corrected chi connectivity index (χ4v) is 2.61. The van der Waals surface area contributed by atoms with Gasteiger partial charge in [-0.05, 0) is 44.9 Å². The smallest absolute Gasteiger partial charge is 0.0658 e. The van der Waals surface area contributed by atoms with Crippen molar-refractivity contribution in [1.29, 1.82) is 0 Å². The zero-order valence-electron chi connectivity index (χ0n) is 7.88. The molecule has 1 heteroatoms. The quantitative estimate of drug-likeness (QED) is 0.573. The molecule has 3 rings (SSSR count).